The third-order valence-corrected chi connectivity index (χ3v) is 7.11. The zero-order valence-electron chi connectivity index (χ0n) is 22.9. The molecule has 22 heteroatoms. The molecule has 0 aliphatic rings. The number of hydrogen-bond donors (Lipinski definition) is 1. The normalized spacial score (nSPS) is 15.2. The van der Waals surface area contributed by atoms with E-state index in [4.69, 9.17) is 9.47 Å². The minimum Gasteiger partial charge on any atom is -0.496 e. The van der Waals surface area contributed by atoms with E-state index in [0.717, 1.165) is 14.2 Å². The molecule has 1 rings (SSSR count). The maximum absolute atomic E-state index is 14.4. The Morgan fingerprint density at radius 1 is 0.689 bits per heavy atom. The van der Waals surface area contributed by atoms with Crippen LogP contribution < -0.4 is 14.8 Å². The molecule has 0 saturated carbocycles. The Kier molecular flexibility index (Phi) is 11.6. The van der Waals surface area contributed by atoms with Gasteiger partial charge in [0.05, 0.1) is 19.8 Å². The fourth-order valence-electron chi connectivity index (χ4n) is 3.45. The summed E-state index contributed by atoms with van der Waals surface area (Å²) in [4.78, 5) is 12.8. The Bertz CT molecular complexity index is 1170. The van der Waals surface area contributed by atoms with Gasteiger partial charge in [0.1, 0.15) is 16.7 Å². The maximum atomic E-state index is 14.4. The number of nitrogens with one attached hydrogen (secondary N) is 1. The lowest BCUT2D eigenvalue weighted by atomic mass is 9.88. The highest BCUT2D eigenvalue weighted by molar-refractivity contribution is 8.00. The van der Waals surface area contributed by atoms with E-state index >= 15 is 0 Å². The van der Waals surface area contributed by atoms with Gasteiger partial charge in [0.25, 0.3) is 0 Å². The first-order valence-electron chi connectivity index (χ1n) is 11.8. The number of hydrogen-bond acceptors (Lipinski definition) is 4. The zero-order chi connectivity index (χ0) is 35.8. The van der Waals surface area contributed by atoms with E-state index in [9.17, 15) is 79.4 Å². The molecule has 45 heavy (non-hydrogen) atoms. The van der Waals surface area contributed by atoms with Crippen molar-refractivity contribution in [2.24, 2.45) is 0 Å². The number of thioether (sulfide) groups is 1. The zero-order valence-corrected chi connectivity index (χ0v) is 23.7. The van der Waals surface area contributed by atoms with Gasteiger partial charge >= 0.3 is 47.6 Å². The molecule has 0 aliphatic carbocycles. The van der Waals surface area contributed by atoms with Gasteiger partial charge in [-0.1, -0.05) is 6.07 Å². The van der Waals surface area contributed by atoms with Crippen molar-refractivity contribution < 1.29 is 88.9 Å². The smallest absolute Gasteiger partial charge is 0.460 e. The van der Waals surface area contributed by atoms with Crippen LogP contribution in [0.25, 0.3) is 0 Å². The van der Waals surface area contributed by atoms with Crippen LogP contribution in [0, 0.1) is 0 Å². The predicted octanol–water partition coefficient (Wildman–Crippen LogP) is 8.40. The average molecular weight is 715 g/mol. The first kappa shape index (κ1) is 40.5. The van der Waals surface area contributed by atoms with Crippen LogP contribution in [0.2, 0.25) is 0 Å². The molecule has 0 bridgehead atoms. The monoisotopic (exact) mass is 715 g/mol. The number of amides is 1. The van der Waals surface area contributed by atoms with Crippen LogP contribution >= 0.6 is 11.8 Å². The Labute approximate surface area is 247 Å². The summed E-state index contributed by atoms with van der Waals surface area (Å²) in [6.45, 7) is 2.81. The molecule has 262 valence electrons. The van der Waals surface area contributed by atoms with Gasteiger partial charge in [0.15, 0.2) is 0 Å². The second-order valence-corrected chi connectivity index (χ2v) is 10.6. The lowest BCUT2D eigenvalue weighted by Crippen LogP contribution is -2.74. The van der Waals surface area contributed by atoms with E-state index in [1.54, 1.807) is 0 Å². The number of halogens is 17. The molecular weight excluding hydrogens is 693 g/mol. The van der Waals surface area contributed by atoms with Gasteiger partial charge in [-0.3, -0.25) is 4.79 Å². The van der Waals surface area contributed by atoms with Crippen molar-refractivity contribution in [1.82, 2.24) is 5.32 Å². The van der Waals surface area contributed by atoms with Crippen molar-refractivity contribution in [1.29, 1.82) is 0 Å². The Hall–Kier alpha value is -2.55. The van der Waals surface area contributed by atoms with Crippen molar-refractivity contribution in [2.75, 3.05) is 20.0 Å². The summed E-state index contributed by atoms with van der Waals surface area (Å²) < 4.78 is 240. The van der Waals surface area contributed by atoms with Crippen molar-refractivity contribution in [3.05, 3.63) is 23.8 Å². The number of alkyl halides is 17. The highest BCUT2D eigenvalue weighted by Gasteiger charge is 2.95. The molecule has 4 nitrogen and oxygen atoms in total. The molecule has 0 aromatic heterocycles. The summed E-state index contributed by atoms with van der Waals surface area (Å²) in [5, 5.41) is 0.532. The third-order valence-electron chi connectivity index (χ3n) is 5.88. The van der Waals surface area contributed by atoms with Crippen LogP contribution in [0.4, 0.5) is 74.6 Å². The fraction of sp³-hybridized carbons (Fsp3) is 0.696. The van der Waals surface area contributed by atoms with E-state index in [1.807, 2.05) is 0 Å². The SMILES string of the molecule is COc1cccc(OC)c1C(SCCC(F)(F)C(F)(F)C(F)(F)C(F)(F)C(F)(F)C(F)(F)C(F)(F)C(F)(F)F)C(=O)NC(C)C. The van der Waals surface area contributed by atoms with Gasteiger partial charge in [-0.05, 0) is 26.0 Å². The summed E-state index contributed by atoms with van der Waals surface area (Å²) in [6, 6.07) is 3.05. The number of benzene rings is 1. The summed E-state index contributed by atoms with van der Waals surface area (Å²) in [5.41, 5.74) is -0.245. The first-order chi connectivity index (χ1) is 19.9. The predicted molar refractivity (Wildman–Crippen MR) is 123 cm³/mol. The van der Waals surface area contributed by atoms with Crippen molar-refractivity contribution in [3.8, 4) is 11.5 Å². The van der Waals surface area contributed by atoms with Crippen molar-refractivity contribution in [2.45, 2.75) is 79.2 Å². The van der Waals surface area contributed by atoms with Gasteiger partial charge in [-0.25, -0.2) is 0 Å². The molecule has 0 radical (unpaired) electrons. The van der Waals surface area contributed by atoms with Crippen LogP contribution in [0.15, 0.2) is 18.2 Å². The van der Waals surface area contributed by atoms with Gasteiger partial charge in [-0.15, -0.1) is 11.8 Å². The molecule has 1 aromatic rings. The minimum absolute atomic E-state index is 0.0493. The molecule has 1 amide bonds. The van der Waals surface area contributed by atoms with Crippen LogP contribution in [-0.2, 0) is 4.79 Å². The molecule has 0 heterocycles. The number of rotatable bonds is 15. The van der Waals surface area contributed by atoms with E-state index in [1.165, 1.54) is 32.0 Å². The topological polar surface area (TPSA) is 47.6 Å². The summed E-state index contributed by atoms with van der Waals surface area (Å²) in [6.07, 6.45) is -10.5. The number of carbonyl (C=O) groups is 1. The third kappa shape index (κ3) is 6.79. The molecule has 1 aromatic carbocycles. The lowest BCUT2D eigenvalue weighted by molar-refractivity contribution is -0.461. The molecule has 0 aliphatic heterocycles. The van der Waals surface area contributed by atoms with E-state index in [2.05, 4.69) is 5.32 Å². The Morgan fingerprint density at radius 2 is 1.07 bits per heavy atom. The van der Waals surface area contributed by atoms with Gasteiger partial charge in [-0.2, -0.15) is 74.6 Å². The highest BCUT2D eigenvalue weighted by Crippen LogP contribution is 2.64. The molecule has 1 N–H and O–H groups in total. The van der Waals surface area contributed by atoms with E-state index in [-0.39, 0.29) is 28.8 Å². The summed E-state index contributed by atoms with van der Waals surface area (Å²) in [5.74, 6) is -59.9. The van der Waals surface area contributed by atoms with Gasteiger partial charge in [0.2, 0.25) is 5.91 Å². The highest BCUT2D eigenvalue weighted by atomic mass is 32.2. The number of methoxy groups -OCH3 is 2. The minimum atomic E-state index is -8.70. The molecule has 1 atom stereocenters. The summed E-state index contributed by atoms with van der Waals surface area (Å²) in [7, 11) is 2.11. The molecule has 0 saturated heterocycles. The van der Waals surface area contributed by atoms with E-state index in [0.29, 0.717) is 0 Å². The number of ether oxygens (including phenoxy) is 2. The van der Waals surface area contributed by atoms with Gasteiger partial charge in [0, 0.05) is 18.2 Å². The maximum Gasteiger partial charge on any atom is 0.460 e. The molecular formula is C23H22F17NO3S. The van der Waals surface area contributed by atoms with Crippen molar-refractivity contribution in [3.63, 3.8) is 0 Å². The summed E-state index contributed by atoms with van der Waals surface area (Å²) >= 11 is -0.0493. The Morgan fingerprint density at radius 3 is 1.42 bits per heavy atom. The van der Waals surface area contributed by atoms with Crippen LogP contribution in [0.5, 0.6) is 11.5 Å². The average Bonchev–Trinajstić information content (AvgIpc) is 2.88. The molecule has 0 spiro atoms. The second kappa shape index (κ2) is 12.9. The quantitative estimate of drug-likeness (QED) is 0.186. The molecule has 0 fully saturated rings. The first-order valence-corrected chi connectivity index (χ1v) is 12.8. The van der Waals surface area contributed by atoms with Crippen LogP contribution in [0.1, 0.15) is 31.1 Å². The number of carbonyl (C=O) groups excluding carboxylic acids is 1. The standard InChI is InChI=1S/C23H22F17NO3S/c1-10(2)41-15(42)14(13-11(43-3)6-5-7-12(13)44-4)45-9-8-16(24,25)17(26,27)18(28,29)19(30,31)20(32,33)21(34,35)22(36,37)23(38,39)40/h5-7,10,14H,8-9H2,1-4H3,(H,41,42). The lowest BCUT2D eigenvalue weighted by Gasteiger charge is -2.42. The molecule has 1 unspecified atom stereocenters. The van der Waals surface area contributed by atoms with Crippen LogP contribution in [0.3, 0.4) is 0 Å². The Balaban J connectivity index is 3.52. The second-order valence-electron chi connectivity index (χ2n) is 9.39. The fourth-order valence-corrected chi connectivity index (χ4v) is 4.68. The van der Waals surface area contributed by atoms with E-state index < -0.39 is 77.0 Å². The van der Waals surface area contributed by atoms with Gasteiger partial charge < -0.3 is 14.8 Å². The largest absolute Gasteiger partial charge is 0.496 e. The van der Waals surface area contributed by atoms with Crippen molar-refractivity contribution >= 4 is 17.7 Å². The van der Waals surface area contributed by atoms with Crippen LogP contribution in [-0.4, -0.2) is 79.6 Å².